The highest BCUT2D eigenvalue weighted by atomic mass is 35.5. The van der Waals surface area contributed by atoms with Crippen LogP contribution in [-0.2, 0) is 10.0 Å². The van der Waals surface area contributed by atoms with Crippen LogP contribution in [0.2, 0.25) is 5.02 Å². The van der Waals surface area contributed by atoms with E-state index in [-0.39, 0.29) is 15.5 Å². The zero-order valence-electron chi connectivity index (χ0n) is 11.4. The van der Waals surface area contributed by atoms with Crippen LogP contribution in [0, 0.1) is 0 Å². The Labute approximate surface area is 137 Å². The van der Waals surface area contributed by atoms with Gasteiger partial charge >= 0.3 is 5.97 Å². The van der Waals surface area contributed by atoms with Crippen LogP contribution in [-0.4, -0.2) is 25.7 Å². The molecule has 2 aromatic carbocycles. The Morgan fingerprint density at radius 1 is 1.23 bits per heavy atom. The third-order valence-electron chi connectivity index (χ3n) is 2.83. The van der Waals surface area contributed by atoms with Crippen molar-refractivity contribution >= 4 is 45.0 Å². The zero-order valence-corrected chi connectivity index (χ0v) is 13.8. The van der Waals surface area contributed by atoms with Gasteiger partial charge in [-0.15, -0.1) is 11.8 Å². The molecule has 0 radical (unpaired) electrons. The lowest BCUT2D eigenvalue weighted by Gasteiger charge is -2.12. The standard InChI is InChI=1S/C14H12ClNO4S2/c1-21-13-5-3-2-4-12(13)16-22(19,20)9-6-7-11(15)10(8-9)14(17)18/h2-8,16H,1H3,(H,17,18). The second-order valence-electron chi connectivity index (χ2n) is 4.25. The largest absolute Gasteiger partial charge is 0.478 e. The fraction of sp³-hybridized carbons (Fsp3) is 0.0714. The first-order valence-corrected chi connectivity index (χ1v) is 9.12. The average Bonchev–Trinajstić information content (AvgIpc) is 2.47. The topological polar surface area (TPSA) is 83.5 Å². The Morgan fingerprint density at radius 2 is 1.91 bits per heavy atom. The number of rotatable bonds is 5. The number of nitrogens with one attached hydrogen (secondary N) is 1. The molecular weight excluding hydrogens is 346 g/mol. The molecule has 0 unspecified atom stereocenters. The Bertz CT molecular complexity index is 821. The van der Waals surface area contributed by atoms with Crippen LogP contribution in [0.3, 0.4) is 0 Å². The molecule has 0 saturated carbocycles. The van der Waals surface area contributed by atoms with E-state index in [0.717, 1.165) is 11.0 Å². The molecule has 0 aliphatic rings. The van der Waals surface area contributed by atoms with Gasteiger partial charge in [-0.05, 0) is 36.6 Å². The van der Waals surface area contributed by atoms with Gasteiger partial charge in [0.05, 0.1) is 21.2 Å². The van der Waals surface area contributed by atoms with Gasteiger partial charge in [0.2, 0.25) is 0 Å². The zero-order chi connectivity index (χ0) is 16.3. The van der Waals surface area contributed by atoms with Gasteiger partial charge in [-0.1, -0.05) is 23.7 Å². The number of aromatic carboxylic acids is 1. The van der Waals surface area contributed by atoms with Gasteiger partial charge < -0.3 is 5.11 Å². The van der Waals surface area contributed by atoms with E-state index >= 15 is 0 Å². The first-order valence-electron chi connectivity index (χ1n) is 6.04. The molecular formula is C14H12ClNO4S2. The van der Waals surface area contributed by atoms with Crippen molar-refractivity contribution in [1.29, 1.82) is 0 Å². The van der Waals surface area contributed by atoms with E-state index in [1.54, 1.807) is 24.3 Å². The van der Waals surface area contributed by atoms with E-state index in [4.69, 9.17) is 16.7 Å². The lowest BCUT2D eigenvalue weighted by Crippen LogP contribution is -2.14. The molecule has 2 N–H and O–H groups in total. The van der Waals surface area contributed by atoms with Crippen molar-refractivity contribution < 1.29 is 18.3 Å². The quantitative estimate of drug-likeness (QED) is 0.799. The number of hydrogen-bond acceptors (Lipinski definition) is 4. The molecule has 0 heterocycles. The summed E-state index contributed by atoms with van der Waals surface area (Å²) in [4.78, 5) is 11.7. The summed E-state index contributed by atoms with van der Waals surface area (Å²) in [7, 11) is -3.90. The summed E-state index contributed by atoms with van der Waals surface area (Å²) >= 11 is 7.15. The summed E-state index contributed by atoms with van der Waals surface area (Å²) in [5, 5.41) is 9.01. The SMILES string of the molecule is CSc1ccccc1NS(=O)(=O)c1ccc(Cl)c(C(=O)O)c1. The van der Waals surface area contributed by atoms with Crippen molar-refractivity contribution in [1.82, 2.24) is 0 Å². The molecule has 22 heavy (non-hydrogen) atoms. The van der Waals surface area contributed by atoms with Crippen LogP contribution < -0.4 is 4.72 Å². The number of para-hydroxylation sites is 1. The lowest BCUT2D eigenvalue weighted by molar-refractivity contribution is 0.0697. The molecule has 0 amide bonds. The van der Waals surface area contributed by atoms with Gasteiger partial charge in [0.25, 0.3) is 10.0 Å². The van der Waals surface area contributed by atoms with Crippen LogP contribution in [0.5, 0.6) is 0 Å². The van der Waals surface area contributed by atoms with Crippen molar-refractivity contribution in [3.05, 3.63) is 53.1 Å². The Balaban J connectivity index is 2.43. The maximum atomic E-state index is 12.4. The number of hydrogen-bond donors (Lipinski definition) is 2. The van der Waals surface area contributed by atoms with Gasteiger partial charge in [-0.3, -0.25) is 4.72 Å². The maximum Gasteiger partial charge on any atom is 0.337 e. The predicted octanol–water partition coefficient (Wildman–Crippen LogP) is 3.56. The van der Waals surface area contributed by atoms with Gasteiger partial charge in [0.1, 0.15) is 0 Å². The van der Waals surface area contributed by atoms with E-state index in [2.05, 4.69) is 4.72 Å². The number of carbonyl (C=O) groups is 1. The summed E-state index contributed by atoms with van der Waals surface area (Å²) in [6, 6.07) is 10.5. The van der Waals surface area contributed by atoms with Crippen LogP contribution in [0.25, 0.3) is 0 Å². The number of carboxylic acid groups (broad SMARTS) is 1. The molecule has 5 nitrogen and oxygen atoms in total. The van der Waals surface area contributed by atoms with E-state index < -0.39 is 16.0 Å². The third kappa shape index (κ3) is 3.55. The summed E-state index contributed by atoms with van der Waals surface area (Å²) in [6.45, 7) is 0. The molecule has 2 aromatic rings. The van der Waals surface area contributed by atoms with Crippen LogP contribution in [0.15, 0.2) is 52.3 Å². The number of sulfonamides is 1. The van der Waals surface area contributed by atoms with Crippen molar-refractivity contribution in [3.63, 3.8) is 0 Å². The molecule has 8 heteroatoms. The van der Waals surface area contributed by atoms with Crippen molar-refractivity contribution in [2.45, 2.75) is 9.79 Å². The van der Waals surface area contributed by atoms with Gasteiger partial charge in [0, 0.05) is 4.90 Å². The molecule has 0 bridgehead atoms. The molecule has 116 valence electrons. The Hall–Kier alpha value is -1.70. The maximum absolute atomic E-state index is 12.4. The molecule has 0 spiro atoms. The number of benzene rings is 2. The fourth-order valence-corrected chi connectivity index (χ4v) is 3.69. The van der Waals surface area contributed by atoms with E-state index in [1.807, 2.05) is 6.26 Å². The fourth-order valence-electron chi connectivity index (χ4n) is 1.77. The highest BCUT2D eigenvalue weighted by Gasteiger charge is 2.19. The van der Waals surface area contributed by atoms with Crippen LogP contribution in [0.1, 0.15) is 10.4 Å². The van der Waals surface area contributed by atoms with Crippen molar-refractivity contribution in [2.75, 3.05) is 11.0 Å². The molecule has 0 aliphatic heterocycles. The number of carboxylic acids is 1. The number of anilines is 1. The first-order chi connectivity index (χ1) is 10.3. The highest BCUT2D eigenvalue weighted by molar-refractivity contribution is 7.99. The molecule has 2 rings (SSSR count). The molecule has 0 fully saturated rings. The minimum Gasteiger partial charge on any atom is -0.478 e. The predicted molar refractivity (Wildman–Crippen MR) is 87.4 cm³/mol. The second kappa shape index (κ2) is 6.60. The molecule has 0 aliphatic carbocycles. The van der Waals surface area contributed by atoms with Crippen LogP contribution >= 0.6 is 23.4 Å². The Morgan fingerprint density at radius 3 is 2.55 bits per heavy atom. The Kier molecular flexibility index (Phi) is 5.00. The van der Waals surface area contributed by atoms with Crippen molar-refractivity contribution in [3.8, 4) is 0 Å². The first kappa shape index (κ1) is 16.7. The average molecular weight is 358 g/mol. The highest BCUT2D eigenvalue weighted by Crippen LogP contribution is 2.28. The third-order valence-corrected chi connectivity index (χ3v) is 5.32. The van der Waals surface area contributed by atoms with E-state index in [0.29, 0.717) is 5.69 Å². The van der Waals surface area contributed by atoms with E-state index in [1.165, 1.54) is 23.9 Å². The minimum atomic E-state index is -3.90. The van der Waals surface area contributed by atoms with Gasteiger partial charge in [-0.2, -0.15) is 0 Å². The summed E-state index contributed by atoms with van der Waals surface area (Å²) in [5.41, 5.74) is 0.171. The van der Waals surface area contributed by atoms with E-state index in [9.17, 15) is 13.2 Å². The normalized spacial score (nSPS) is 11.2. The minimum absolute atomic E-state index is 0.0176. The monoisotopic (exact) mass is 357 g/mol. The summed E-state index contributed by atoms with van der Waals surface area (Å²) < 4.78 is 27.3. The molecule has 0 aromatic heterocycles. The summed E-state index contributed by atoms with van der Waals surface area (Å²) in [5.74, 6) is -1.29. The molecule has 0 atom stereocenters. The van der Waals surface area contributed by atoms with Gasteiger partial charge in [0.15, 0.2) is 0 Å². The number of halogens is 1. The molecule has 0 saturated heterocycles. The van der Waals surface area contributed by atoms with Gasteiger partial charge in [-0.25, -0.2) is 13.2 Å². The summed E-state index contributed by atoms with van der Waals surface area (Å²) in [6.07, 6.45) is 1.83. The van der Waals surface area contributed by atoms with Crippen molar-refractivity contribution in [2.24, 2.45) is 0 Å². The van der Waals surface area contributed by atoms with Crippen LogP contribution in [0.4, 0.5) is 5.69 Å². The lowest BCUT2D eigenvalue weighted by atomic mass is 10.2. The second-order valence-corrected chi connectivity index (χ2v) is 7.19. The number of thioether (sulfide) groups is 1. The smallest absolute Gasteiger partial charge is 0.337 e.